The minimum atomic E-state index is -3.07. The van der Waals surface area contributed by atoms with E-state index in [-0.39, 0.29) is 36.4 Å². The van der Waals surface area contributed by atoms with Gasteiger partial charge in [-0.15, -0.1) is 0 Å². The molecule has 9 heteroatoms. The molecule has 1 fully saturated rings. The Morgan fingerprint density at radius 2 is 1.73 bits per heavy atom. The van der Waals surface area contributed by atoms with E-state index >= 15 is 0 Å². The first-order chi connectivity index (χ1) is 11.9. The van der Waals surface area contributed by atoms with Crippen molar-refractivity contribution in [3.05, 3.63) is 33.8 Å². The molecule has 1 saturated heterocycles. The Labute approximate surface area is 163 Å². The predicted octanol–water partition coefficient (Wildman–Crippen LogP) is 2.03. The second-order valence-electron chi connectivity index (χ2n) is 6.93. The number of nitrogens with zero attached hydrogens (tertiary/aromatic N) is 1. The van der Waals surface area contributed by atoms with Crippen molar-refractivity contribution in [2.24, 2.45) is 0 Å². The molecular formula is C17H22Cl2N2O4S. The van der Waals surface area contributed by atoms with Crippen molar-refractivity contribution in [3.63, 3.8) is 0 Å². The molecule has 1 atom stereocenters. The summed E-state index contributed by atoms with van der Waals surface area (Å²) in [4.78, 5) is 26.7. The summed E-state index contributed by atoms with van der Waals surface area (Å²) in [6.07, 6.45) is 0. The fourth-order valence-corrected chi connectivity index (χ4v) is 4.16. The number of amides is 2. The van der Waals surface area contributed by atoms with E-state index in [2.05, 4.69) is 5.32 Å². The maximum Gasteiger partial charge on any atom is 0.244 e. The summed E-state index contributed by atoms with van der Waals surface area (Å²) < 4.78 is 23.0. The number of carbonyl (C=O) groups is 2. The summed E-state index contributed by atoms with van der Waals surface area (Å²) in [5, 5.41) is 3.46. The van der Waals surface area contributed by atoms with Crippen LogP contribution in [0, 0.1) is 0 Å². The van der Waals surface area contributed by atoms with Crippen molar-refractivity contribution < 1.29 is 18.0 Å². The molecule has 6 nitrogen and oxygen atoms in total. The average molecular weight is 421 g/mol. The predicted molar refractivity (Wildman–Crippen MR) is 102 cm³/mol. The van der Waals surface area contributed by atoms with Crippen molar-refractivity contribution >= 4 is 44.9 Å². The van der Waals surface area contributed by atoms with E-state index in [4.69, 9.17) is 23.2 Å². The van der Waals surface area contributed by atoms with Crippen LogP contribution in [0.3, 0.4) is 0 Å². The van der Waals surface area contributed by atoms with Crippen molar-refractivity contribution in [1.29, 1.82) is 0 Å². The van der Waals surface area contributed by atoms with Gasteiger partial charge in [0.15, 0.2) is 9.84 Å². The molecule has 1 heterocycles. The fourth-order valence-electron chi connectivity index (χ4n) is 2.66. The molecule has 1 aliphatic heterocycles. The minimum absolute atomic E-state index is 0.0474. The fraction of sp³-hybridized carbons (Fsp3) is 0.529. The number of benzene rings is 1. The zero-order chi connectivity index (χ0) is 19.7. The smallest absolute Gasteiger partial charge is 0.244 e. The Bertz CT molecular complexity index is 810. The molecule has 2 amide bonds. The average Bonchev–Trinajstić information content (AvgIpc) is 2.56. The number of rotatable bonds is 4. The van der Waals surface area contributed by atoms with Crippen LogP contribution >= 0.6 is 23.2 Å². The van der Waals surface area contributed by atoms with Gasteiger partial charge in [-0.3, -0.25) is 9.59 Å². The Morgan fingerprint density at radius 3 is 2.27 bits per heavy atom. The Kier molecular flexibility index (Phi) is 6.25. The Balaban J connectivity index is 2.05. The maximum atomic E-state index is 12.7. The van der Waals surface area contributed by atoms with Crippen molar-refractivity contribution in [2.75, 3.05) is 24.6 Å². The molecule has 0 spiro atoms. The summed E-state index contributed by atoms with van der Waals surface area (Å²) >= 11 is 11.9. The second kappa shape index (κ2) is 7.74. The Morgan fingerprint density at radius 1 is 1.15 bits per heavy atom. The first-order valence-electron chi connectivity index (χ1n) is 8.20. The van der Waals surface area contributed by atoms with Crippen LogP contribution in [0.1, 0.15) is 26.3 Å². The highest BCUT2D eigenvalue weighted by Gasteiger charge is 2.34. The lowest BCUT2D eigenvalue weighted by Crippen LogP contribution is -2.54. The van der Waals surface area contributed by atoms with E-state index in [1.165, 1.54) is 4.90 Å². The number of carbonyl (C=O) groups excluding carboxylic acids is 2. The number of nitrogens with one attached hydrogen (secondary N) is 1. The summed E-state index contributed by atoms with van der Waals surface area (Å²) in [5.74, 6) is -0.720. The van der Waals surface area contributed by atoms with Crippen molar-refractivity contribution in [1.82, 2.24) is 10.2 Å². The third kappa shape index (κ3) is 4.69. The maximum absolute atomic E-state index is 12.7. The Hall–Kier alpha value is -1.31. The van der Waals surface area contributed by atoms with Crippen LogP contribution in [0.2, 0.25) is 10.0 Å². The van der Waals surface area contributed by atoms with E-state index in [9.17, 15) is 18.0 Å². The van der Waals surface area contributed by atoms with Crippen LogP contribution < -0.4 is 5.32 Å². The number of hydrogen-bond donors (Lipinski definition) is 1. The van der Waals surface area contributed by atoms with Gasteiger partial charge < -0.3 is 10.2 Å². The molecule has 0 aliphatic carbocycles. The summed E-state index contributed by atoms with van der Waals surface area (Å²) in [6, 6.07) is 4.21. The van der Waals surface area contributed by atoms with Gasteiger partial charge in [0.25, 0.3) is 0 Å². The van der Waals surface area contributed by atoms with E-state index in [1.54, 1.807) is 39.0 Å². The monoisotopic (exact) mass is 420 g/mol. The van der Waals surface area contributed by atoms with Crippen molar-refractivity contribution in [2.45, 2.75) is 32.2 Å². The van der Waals surface area contributed by atoms with Crippen LogP contribution in [-0.4, -0.2) is 55.8 Å². The van der Waals surface area contributed by atoms with Crippen LogP contribution in [0.25, 0.3) is 0 Å². The van der Waals surface area contributed by atoms with Crippen LogP contribution in [0.4, 0.5) is 0 Å². The molecule has 144 valence electrons. The molecule has 0 radical (unpaired) electrons. The van der Waals surface area contributed by atoms with E-state index in [1.807, 2.05) is 0 Å². The summed E-state index contributed by atoms with van der Waals surface area (Å²) in [6.45, 7) is 5.35. The molecule has 1 aromatic rings. The normalized spacial score (nSPS) is 18.3. The third-order valence-corrected chi connectivity index (χ3v) is 6.93. The van der Waals surface area contributed by atoms with Gasteiger partial charge in [-0.2, -0.15) is 0 Å². The molecule has 0 bridgehead atoms. The van der Waals surface area contributed by atoms with Gasteiger partial charge in [-0.05, 0) is 38.5 Å². The molecule has 0 saturated carbocycles. The SMILES string of the molecule is CC(NC(=O)C(C)(C)c1ccc(Cl)c(Cl)c1)C(=O)N1CCS(=O)(=O)CC1. The molecule has 1 aromatic carbocycles. The summed E-state index contributed by atoms with van der Waals surface area (Å²) in [7, 11) is -3.07. The number of hydrogen-bond acceptors (Lipinski definition) is 4. The molecular weight excluding hydrogens is 399 g/mol. The van der Waals surface area contributed by atoms with Gasteiger partial charge in [-0.1, -0.05) is 29.3 Å². The van der Waals surface area contributed by atoms with Gasteiger partial charge in [0.1, 0.15) is 6.04 Å². The van der Waals surface area contributed by atoms with Gasteiger partial charge in [-0.25, -0.2) is 8.42 Å². The van der Waals surface area contributed by atoms with Crippen LogP contribution in [-0.2, 0) is 24.8 Å². The highest BCUT2D eigenvalue weighted by molar-refractivity contribution is 7.91. The highest BCUT2D eigenvalue weighted by atomic mass is 35.5. The lowest BCUT2D eigenvalue weighted by atomic mass is 9.83. The standard InChI is InChI=1S/C17H22Cl2N2O4S/c1-11(15(22)21-6-8-26(24,25)9-7-21)20-16(23)17(2,3)12-4-5-13(18)14(19)10-12/h4-5,10-11H,6-9H2,1-3H3,(H,20,23). The molecule has 26 heavy (non-hydrogen) atoms. The van der Waals surface area contributed by atoms with E-state index in [0.717, 1.165) is 0 Å². The van der Waals surface area contributed by atoms with Gasteiger partial charge in [0, 0.05) is 13.1 Å². The van der Waals surface area contributed by atoms with Crippen LogP contribution in [0.5, 0.6) is 0 Å². The topological polar surface area (TPSA) is 83.6 Å². The van der Waals surface area contributed by atoms with Gasteiger partial charge >= 0.3 is 0 Å². The minimum Gasteiger partial charge on any atom is -0.344 e. The number of halogens is 2. The zero-order valence-corrected chi connectivity index (χ0v) is 17.2. The lowest BCUT2D eigenvalue weighted by Gasteiger charge is -2.31. The van der Waals surface area contributed by atoms with E-state index in [0.29, 0.717) is 15.6 Å². The van der Waals surface area contributed by atoms with Gasteiger partial charge in [0.05, 0.1) is 27.0 Å². The van der Waals surface area contributed by atoms with E-state index < -0.39 is 21.3 Å². The largest absolute Gasteiger partial charge is 0.344 e. The first kappa shape index (κ1) is 21.0. The highest BCUT2D eigenvalue weighted by Crippen LogP contribution is 2.30. The third-order valence-electron chi connectivity index (χ3n) is 4.58. The lowest BCUT2D eigenvalue weighted by molar-refractivity contribution is -0.136. The quantitative estimate of drug-likeness (QED) is 0.807. The molecule has 1 unspecified atom stereocenters. The molecule has 0 aromatic heterocycles. The first-order valence-corrected chi connectivity index (χ1v) is 10.8. The second-order valence-corrected chi connectivity index (χ2v) is 10.0. The summed E-state index contributed by atoms with van der Waals surface area (Å²) in [5.41, 5.74) is -0.248. The zero-order valence-electron chi connectivity index (χ0n) is 14.9. The molecule has 1 aliphatic rings. The number of sulfone groups is 1. The van der Waals surface area contributed by atoms with Gasteiger partial charge in [0.2, 0.25) is 11.8 Å². The molecule has 2 rings (SSSR count). The molecule has 1 N–H and O–H groups in total. The van der Waals surface area contributed by atoms with Crippen LogP contribution in [0.15, 0.2) is 18.2 Å². The van der Waals surface area contributed by atoms with Crippen molar-refractivity contribution in [3.8, 4) is 0 Å².